The molecule has 0 radical (unpaired) electrons. The highest BCUT2D eigenvalue weighted by Crippen LogP contribution is 2.19. The Morgan fingerprint density at radius 1 is 1.14 bits per heavy atom. The van der Waals surface area contributed by atoms with Crippen molar-refractivity contribution < 1.29 is 9.18 Å². The molecule has 2 aromatic rings. The monoisotopic (exact) mass is 323 g/mol. The summed E-state index contributed by atoms with van der Waals surface area (Å²) >= 11 is 7.55. The van der Waals surface area contributed by atoms with Gasteiger partial charge in [0.05, 0.1) is 6.42 Å². The van der Waals surface area contributed by atoms with E-state index in [0.717, 1.165) is 10.6 Å². The smallest absolute Gasteiger partial charge is 0.224 e. The number of benzene rings is 2. The van der Waals surface area contributed by atoms with E-state index in [0.29, 0.717) is 6.54 Å². The standard InChI is InChI=1S/C16H15ClFNOS/c17-14-7-4-8-15(18)13(14)11-16(20)19-9-10-21-12-5-2-1-3-6-12/h1-8H,9-11H2,(H,19,20). The number of amides is 1. The van der Waals surface area contributed by atoms with E-state index < -0.39 is 5.82 Å². The Hall–Kier alpha value is -1.52. The fourth-order valence-corrected chi connectivity index (χ4v) is 2.82. The van der Waals surface area contributed by atoms with E-state index in [-0.39, 0.29) is 22.9 Å². The summed E-state index contributed by atoms with van der Waals surface area (Å²) in [5, 5.41) is 3.05. The number of carbonyl (C=O) groups is 1. The van der Waals surface area contributed by atoms with Crippen LogP contribution in [-0.2, 0) is 11.2 Å². The number of thioether (sulfide) groups is 1. The highest BCUT2D eigenvalue weighted by molar-refractivity contribution is 7.99. The summed E-state index contributed by atoms with van der Waals surface area (Å²) in [5.41, 5.74) is 0.243. The van der Waals surface area contributed by atoms with Gasteiger partial charge < -0.3 is 5.32 Å². The predicted octanol–water partition coefficient (Wildman–Crippen LogP) is 3.93. The summed E-state index contributed by atoms with van der Waals surface area (Å²) in [5.74, 6) is 0.0905. The van der Waals surface area contributed by atoms with Gasteiger partial charge in [-0.15, -0.1) is 11.8 Å². The van der Waals surface area contributed by atoms with Crippen molar-refractivity contribution in [3.8, 4) is 0 Å². The lowest BCUT2D eigenvalue weighted by Gasteiger charge is -2.07. The molecule has 1 amide bonds. The topological polar surface area (TPSA) is 29.1 Å². The lowest BCUT2D eigenvalue weighted by atomic mass is 10.1. The molecule has 0 spiro atoms. The van der Waals surface area contributed by atoms with Crippen LogP contribution >= 0.6 is 23.4 Å². The Balaban J connectivity index is 1.75. The zero-order chi connectivity index (χ0) is 15.1. The van der Waals surface area contributed by atoms with Crippen molar-refractivity contribution in [2.24, 2.45) is 0 Å². The maximum atomic E-state index is 13.6. The van der Waals surface area contributed by atoms with E-state index >= 15 is 0 Å². The van der Waals surface area contributed by atoms with Crippen molar-refractivity contribution in [3.05, 3.63) is 64.9 Å². The summed E-state index contributed by atoms with van der Waals surface area (Å²) in [7, 11) is 0. The van der Waals surface area contributed by atoms with Crippen molar-refractivity contribution in [3.63, 3.8) is 0 Å². The zero-order valence-electron chi connectivity index (χ0n) is 11.3. The molecule has 0 aliphatic rings. The average molecular weight is 324 g/mol. The Morgan fingerprint density at radius 2 is 1.90 bits per heavy atom. The first kappa shape index (κ1) is 15.9. The van der Waals surface area contributed by atoms with E-state index in [9.17, 15) is 9.18 Å². The Kier molecular flexibility index (Phi) is 6.08. The lowest BCUT2D eigenvalue weighted by molar-refractivity contribution is -0.120. The second-order valence-electron chi connectivity index (χ2n) is 4.39. The number of nitrogens with one attached hydrogen (secondary N) is 1. The molecular weight excluding hydrogens is 309 g/mol. The Labute approximate surface area is 132 Å². The van der Waals surface area contributed by atoms with Gasteiger partial charge in [0.25, 0.3) is 0 Å². The first-order chi connectivity index (χ1) is 10.2. The molecule has 21 heavy (non-hydrogen) atoms. The summed E-state index contributed by atoms with van der Waals surface area (Å²) in [6.07, 6.45) is -0.0402. The highest BCUT2D eigenvalue weighted by atomic mass is 35.5. The Bertz CT molecular complexity index is 586. The van der Waals surface area contributed by atoms with Crippen molar-refractivity contribution in [1.82, 2.24) is 5.32 Å². The molecule has 0 aliphatic carbocycles. The van der Waals surface area contributed by atoms with Crippen LogP contribution in [0.4, 0.5) is 4.39 Å². The second-order valence-corrected chi connectivity index (χ2v) is 5.96. The predicted molar refractivity (Wildman–Crippen MR) is 85.3 cm³/mol. The van der Waals surface area contributed by atoms with Gasteiger partial charge in [0.1, 0.15) is 5.82 Å². The van der Waals surface area contributed by atoms with Gasteiger partial charge in [-0.3, -0.25) is 4.79 Å². The van der Waals surface area contributed by atoms with Gasteiger partial charge in [0.15, 0.2) is 0 Å². The van der Waals surface area contributed by atoms with Gasteiger partial charge in [-0.25, -0.2) is 4.39 Å². The Morgan fingerprint density at radius 3 is 2.62 bits per heavy atom. The molecule has 0 bridgehead atoms. The van der Waals surface area contributed by atoms with Crippen LogP contribution in [0.25, 0.3) is 0 Å². The molecule has 0 fully saturated rings. The molecule has 2 nitrogen and oxygen atoms in total. The fraction of sp³-hybridized carbons (Fsp3) is 0.188. The number of rotatable bonds is 6. The molecular formula is C16H15ClFNOS. The van der Waals surface area contributed by atoms with Crippen LogP contribution in [0.2, 0.25) is 5.02 Å². The van der Waals surface area contributed by atoms with E-state index in [1.807, 2.05) is 30.3 Å². The van der Waals surface area contributed by atoms with E-state index in [4.69, 9.17) is 11.6 Å². The van der Waals surface area contributed by atoms with Crippen LogP contribution in [0.3, 0.4) is 0 Å². The van der Waals surface area contributed by atoms with Crippen LogP contribution < -0.4 is 5.32 Å². The van der Waals surface area contributed by atoms with Gasteiger partial charge in [-0.05, 0) is 24.3 Å². The molecule has 2 aromatic carbocycles. The normalized spacial score (nSPS) is 10.4. The maximum Gasteiger partial charge on any atom is 0.224 e. The van der Waals surface area contributed by atoms with Gasteiger partial charge in [0.2, 0.25) is 5.91 Å². The van der Waals surface area contributed by atoms with Crippen LogP contribution in [0.5, 0.6) is 0 Å². The van der Waals surface area contributed by atoms with Gasteiger partial charge in [-0.2, -0.15) is 0 Å². The van der Waals surface area contributed by atoms with Gasteiger partial charge >= 0.3 is 0 Å². The van der Waals surface area contributed by atoms with Crippen LogP contribution in [0, 0.1) is 5.82 Å². The molecule has 2 rings (SSSR count). The second kappa shape index (κ2) is 8.05. The van der Waals surface area contributed by atoms with Crippen LogP contribution in [0.15, 0.2) is 53.4 Å². The fourth-order valence-electron chi connectivity index (χ4n) is 1.80. The largest absolute Gasteiger partial charge is 0.355 e. The molecule has 0 saturated heterocycles. The van der Waals surface area contributed by atoms with Crippen LogP contribution in [0.1, 0.15) is 5.56 Å². The molecule has 110 valence electrons. The van der Waals surface area contributed by atoms with Gasteiger partial charge in [0, 0.05) is 27.8 Å². The summed E-state index contributed by atoms with van der Waals surface area (Å²) in [6, 6.07) is 14.4. The third-order valence-corrected chi connectivity index (χ3v) is 4.20. The number of hydrogen-bond donors (Lipinski definition) is 1. The van der Waals surface area contributed by atoms with Crippen molar-refractivity contribution in [2.75, 3.05) is 12.3 Å². The first-order valence-electron chi connectivity index (χ1n) is 6.54. The minimum Gasteiger partial charge on any atom is -0.355 e. The molecule has 0 heterocycles. The molecule has 5 heteroatoms. The number of carbonyl (C=O) groups excluding carboxylic acids is 1. The van der Waals surface area contributed by atoms with Crippen molar-refractivity contribution in [1.29, 1.82) is 0 Å². The van der Waals surface area contributed by atoms with Crippen molar-refractivity contribution in [2.45, 2.75) is 11.3 Å². The molecule has 0 saturated carbocycles. The average Bonchev–Trinajstić information content (AvgIpc) is 2.49. The first-order valence-corrected chi connectivity index (χ1v) is 7.90. The lowest BCUT2D eigenvalue weighted by Crippen LogP contribution is -2.27. The van der Waals surface area contributed by atoms with Crippen molar-refractivity contribution >= 4 is 29.3 Å². The highest BCUT2D eigenvalue weighted by Gasteiger charge is 2.11. The quantitative estimate of drug-likeness (QED) is 0.644. The summed E-state index contributed by atoms with van der Waals surface area (Å²) in [6.45, 7) is 0.532. The molecule has 0 atom stereocenters. The third-order valence-electron chi connectivity index (χ3n) is 2.84. The van der Waals surface area contributed by atoms with E-state index in [1.54, 1.807) is 17.8 Å². The SMILES string of the molecule is O=C(Cc1c(F)cccc1Cl)NCCSc1ccccc1. The van der Waals surface area contributed by atoms with E-state index in [2.05, 4.69) is 5.32 Å². The summed E-state index contributed by atoms with van der Waals surface area (Å²) < 4.78 is 13.6. The van der Waals surface area contributed by atoms with Crippen LogP contribution in [-0.4, -0.2) is 18.2 Å². The van der Waals surface area contributed by atoms with E-state index in [1.165, 1.54) is 12.1 Å². The minimum atomic E-state index is -0.448. The number of halogens is 2. The minimum absolute atomic E-state index is 0.0402. The molecule has 0 unspecified atom stereocenters. The molecule has 1 N–H and O–H groups in total. The summed E-state index contributed by atoms with van der Waals surface area (Å²) in [4.78, 5) is 12.9. The maximum absolute atomic E-state index is 13.6. The molecule has 0 aliphatic heterocycles. The third kappa shape index (κ3) is 5.06. The zero-order valence-corrected chi connectivity index (χ0v) is 12.9. The van der Waals surface area contributed by atoms with Gasteiger partial charge in [-0.1, -0.05) is 35.9 Å². The molecule has 0 aromatic heterocycles. The number of hydrogen-bond acceptors (Lipinski definition) is 2.